The van der Waals surface area contributed by atoms with Crippen molar-refractivity contribution in [3.8, 4) is 0 Å². The third-order valence-corrected chi connectivity index (χ3v) is 6.36. The average molecular weight is 487 g/mol. The number of nitrogens with zero attached hydrogens (tertiary/aromatic N) is 1. The highest BCUT2D eigenvalue weighted by atomic mass is 16.5. The second-order valence-corrected chi connectivity index (χ2v) is 8.83. The van der Waals surface area contributed by atoms with Crippen LogP contribution in [0.4, 0.5) is 0 Å². The van der Waals surface area contributed by atoms with Gasteiger partial charge in [-0.2, -0.15) is 0 Å². The Bertz CT molecular complexity index is 1260. The molecule has 3 aromatic rings. The van der Waals surface area contributed by atoms with E-state index in [0.29, 0.717) is 35.7 Å². The molecule has 0 saturated carbocycles. The van der Waals surface area contributed by atoms with Crippen molar-refractivity contribution in [1.29, 1.82) is 0 Å². The molecule has 1 aliphatic heterocycles. The first kappa shape index (κ1) is 25.0. The van der Waals surface area contributed by atoms with E-state index >= 15 is 0 Å². The maximum atomic E-state index is 13.2. The summed E-state index contributed by atoms with van der Waals surface area (Å²) in [4.78, 5) is 40.3. The molecule has 4 rings (SSSR count). The van der Waals surface area contributed by atoms with Crippen LogP contribution in [0.3, 0.4) is 0 Å². The summed E-state index contributed by atoms with van der Waals surface area (Å²) in [5.41, 5.74) is 4.49. The lowest BCUT2D eigenvalue weighted by Crippen LogP contribution is -2.38. The number of allylic oxidation sites excluding steroid dienone is 1. The molecule has 186 valence electrons. The van der Waals surface area contributed by atoms with E-state index in [9.17, 15) is 14.4 Å². The molecule has 0 saturated heterocycles. The van der Waals surface area contributed by atoms with Gasteiger partial charge in [-0.1, -0.05) is 42.0 Å². The number of rotatable bonds is 8. The smallest absolute Gasteiger partial charge is 0.336 e. The minimum absolute atomic E-state index is 0.0635. The number of hydrogen-bond donors (Lipinski definition) is 1. The molecule has 1 aliphatic rings. The van der Waals surface area contributed by atoms with Crippen molar-refractivity contribution in [2.75, 3.05) is 6.61 Å². The maximum Gasteiger partial charge on any atom is 0.336 e. The average Bonchev–Trinajstić information content (AvgIpc) is 3.39. The largest absolute Gasteiger partial charge is 0.467 e. The standard InChI is InChI=1S/C29H30N2O5/c1-4-35-29(34)27-20(3)31(26(32)16-25(27)22-11-7-19(2)8-12-22)18-21-9-13-23(14-10-21)28(33)30-17-24-6-5-15-36-24/h5-15,25H,4,16-18H2,1-3H3,(H,30,33). The van der Waals surface area contributed by atoms with E-state index in [1.54, 1.807) is 49.3 Å². The van der Waals surface area contributed by atoms with Crippen molar-refractivity contribution in [1.82, 2.24) is 10.2 Å². The third-order valence-electron chi connectivity index (χ3n) is 6.36. The van der Waals surface area contributed by atoms with Crippen LogP contribution in [0, 0.1) is 6.92 Å². The van der Waals surface area contributed by atoms with Gasteiger partial charge in [0.1, 0.15) is 5.76 Å². The van der Waals surface area contributed by atoms with E-state index < -0.39 is 5.97 Å². The van der Waals surface area contributed by atoms with Crippen molar-refractivity contribution < 1.29 is 23.5 Å². The Hall–Kier alpha value is -4.13. The van der Waals surface area contributed by atoms with Gasteiger partial charge in [0, 0.05) is 23.6 Å². The number of carbonyl (C=O) groups is 3. The Kier molecular flexibility index (Phi) is 7.68. The number of aryl methyl sites for hydroxylation is 1. The van der Waals surface area contributed by atoms with E-state index in [1.165, 1.54) is 0 Å². The van der Waals surface area contributed by atoms with Gasteiger partial charge in [0.2, 0.25) is 5.91 Å². The molecule has 0 radical (unpaired) electrons. The van der Waals surface area contributed by atoms with Gasteiger partial charge in [-0.25, -0.2) is 4.79 Å². The van der Waals surface area contributed by atoms with Crippen molar-refractivity contribution in [2.45, 2.75) is 46.2 Å². The minimum Gasteiger partial charge on any atom is -0.467 e. The fourth-order valence-electron chi connectivity index (χ4n) is 4.39. The molecule has 0 aliphatic carbocycles. The number of amides is 2. The van der Waals surface area contributed by atoms with Crippen LogP contribution in [-0.2, 0) is 27.4 Å². The zero-order valence-corrected chi connectivity index (χ0v) is 20.7. The monoisotopic (exact) mass is 486 g/mol. The number of hydrogen-bond acceptors (Lipinski definition) is 5. The topological polar surface area (TPSA) is 88.8 Å². The van der Waals surface area contributed by atoms with Crippen LogP contribution >= 0.6 is 0 Å². The molecule has 36 heavy (non-hydrogen) atoms. The van der Waals surface area contributed by atoms with Crippen LogP contribution < -0.4 is 5.32 Å². The van der Waals surface area contributed by atoms with Crippen molar-refractivity contribution >= 4 is 17.8 Å². The lowest BCUT2D eigenvalue weighted by atomic mass is 9.83. The summed E-state index contributed by atoms with van der Waals surface area (Å²) in [5, 5.41) is 2.81. The first-order valence-electron chi connectivity index (χ1n) is 12.0. The molecule has 2 amide bonds. The Labute approximate surface area is 210 Å². The van der Waals surface area contributed by atoms with Crippen molar-refractivity contribution in [2.24, 2.45) is 0 Å². The fraction of sp³-hybridized carbons (Fsp3) is 0.276. The molecule has 1 N–H and O–H groups in total. The van der Waals surface area contributed by atoms with E-state index in [2.05, 4.69) is 5.32 Å². The summed E-state index contributed by atoms with van der Waals surface area (Å²) in [6.07, 6.45) is 1.74. The lowest BCUT2D eigenvalue weighted by molar-refractivity contribution is -0.140. The Morgan fingerprint density at radius 2 is 1.78 bits per heavy atom. The van der Waals surface area contributed by atoms with Gasteiger partial charge >= 0.3 is 5.97 Å². The summed E-state index contributed by atoms with van der Waals surface area (Å²) in [6, 6.07) is 18.5. The predicted octanol–water partition coefficient (Wildman–Crippen LogP) is 4.87. The molecular weight excluding hydrogens is 456 g/mol. The summed E-state index contributed by atoms with van der Waals surface area (Å²) < 4.78 is 10.6. The summed E-state index contributed by atoms with van der Waals surface area (Å²) in [6.45, 7) is 6.42. The Morgan fingerprint density at radius 3 is 2.42 bits per heavy atom. The number of nitrogens with one attached hydrogen (secondary N) is 1. The first-order chi connectivity index (χ1) is 17.4. The normalized spacial score (nSPS) is 15.7. The Morgan fingerprint density at radius 1 is 1.06 bits per heavy atom. The summed E-state index contributed by atoms with van der Waals surface area (Å²) >= 11 is 0. The molecule has 7 heteroatoms. The van der Waals surface area contributed by atoms with E-state index in [-0.39, 0.29) is 30.8 Å². The van der Waals surface area contributed by atoms with Crippen LogP contribution in [0.15, 0.2) is 82.6 Å². The molecule has 1 aromatic heterocycles. The molecule has 0 spiro atoms. The highest BCUT2D eigenvalue weighted by Gasteiger charge is 2.36. The number of benzene rings is 2. The summed E-state index contributed by atoms with van der Waals surface area (Å²) in [5.74, 6) is -0.359. The zero-order valence-electron chi connectivity index (χ0n) is 20.7. The van der Waals surface area contributed by atoms with Crippen molar-refractivity contribution in [3.63, 3.8) is 0 Å². The molecule has 2 aromatic carbocycles. The number of furan rings is 1. The quantitative estimate of drug-likeness (QED) is 0.459. The van der Waals surface area contributed by atoms with Gasteiger partial charge in [-0.05, 0) is 56.2 Å². The van der Waals surface area contributed by atoms with Crippen LogP contribution in [0.2, 0.25) is 0 Å². The molecule has 0 bridgehead atoms. The van der Waals surface area contributed by atoms with Gasteiger partial charge in [0.25, 0.3) is 5.91 Å². The number of esters is 1. The molecule has 0 fully saturated rings. The van der Waals surface area contributed by atoms with Crippen LogP contribution in [0.1, 0.15) is 59.0 Å². The van der Waals surface area contributed by atoms with E-state index in [0.717, 1.165) is 16.7 Å². The highest BCUT2D eigenvalue weighted by Crippen LogP contribution is 2.37. The molecule has 1 atom stereocenters. The van der Waals surface area contributed by atoms with E-state index in [4.69, 9.17) is 9.15 Å². The van der Waals surface area contributed by atoms with Gasteiger partial charge in [-0.15, -0.1) is 0 Å². The molecule has 7 nitrogen and oxygen atoms in total. The molecule has 2 heterocycles. The second-order valence-electron chi connectivity index (χ2n) is 8.83. The molecular formula is C29H30N2O5. The van der Waals surface area contributed by atoms with Gasteiger partial charge < -0.3 is 19.4 Å². The third kappa shape index (κ3) is 5.57. The number of ether oxygens (including phenoxy) is 1. The van der Waals surface area contributed by atoms with Crippen LogP contribution in [0.5, 0.6) is 0 Å². The highest BCUT2D eigenvalue weighted by molar-refractivity contribution is 5.96. The van der Waals surface area contributed by atoms with Gasteiger partial charge in [0.05, 0.1) is 31.5 Å². The fourth-order valence-corrected chi connectivity index (χ4v) is 4.39. The van der Waals surface area contributed by atoms with E-state index in [1.807, 2.05) is 43.3 Å². The van der Waals surface area contributed by atoms with Crippen LogP contribution in [0.25, 0.3) is 0 Å². The van der Waals surface area contributed by atoms with Gasteiger partial charge in [-0.3, -0.25) is 9.59 Å². The number of carbonyl (C=O) groups excluding carboxylic acids is 3. The van der Waals surface area contributed by atoms with Gasteiger partial charge in [0.15, 0.2) is 0 Å². The summed E-state index contributed by atoms with van der Waals surface area (Å²) in [7, 11) is 0. The zero-order chi connectivity index (χ0) is 25.7. The SMILES string of the molecule is CCOC(=O)C1=C(C)N(Cc2ccc(C(=O)NCc3ccco3)cc2)C(=O)CC1c1ccc(C)cc1. The Balaban J connectivity index is 1.53. The minimum atomic E-state index is -0.401. The lowest BCUT2D eigenvalue weighted by Gasteiger charge is -2.34. The first-order valence-corrected chi connectivity index (χ1v) is 12.0. The second kappa shape index (κ2) is 11.1. The maximum absolute atomic E-state index is 13.2. The van der Waals surface area contributed by atoms with Crippen LogP contribution in [-0.4, -0.2) is 29.3 Å². The molecule has 1 unspecified atom stereocenters. The predicted molar refractivity (Wildman–Crippen MR) is 135 cm³/mol. The van der Waals surface area contributed by atoms with Crippen molar-refractivity contribution in [3.05, 3.63) is 106 Å².